The number of hydrogen-bond donors (Lipinski definition) is 1. The Balaban J connectivity index is 1.82. The van der Waals surface area contributed by atoms with Crippen molar-refractivity contribution in [1.82, 2.24) is 4.57 Å². The first-order valence-corrected chi connectivity index (χ1v) is 12.9. The molecule has 0 radical (unpaired) electrons. The standard InChI is InChI=1S/C28H24FIN2O5/c1-14-21(12-16-7-8-18(30)13-22(16)29)24-25(37-27(14)34)23(15(2)32(26(24)33)20-9-10-20)17-5-4-6-19(11-17)31-28(35)36-3/h4-8,11,13,20H,9-10,12H2,1-3H3,(H,31,35). The van der Waals surface area contributed by atoms with E-state index < -0.39 is 17.5 Å². The maximum atomic E-state index is 14.8. The zero-order valence-electron chi connectivity index (χ0n) is 20.5. The van der Waals surface area contributed by atoms with E-state index in [1.807, 2.05) is 35.6 Å². The predicted octanol–water partition coefficient (Wildman–Crippen LogP) is 6.09. The van der Waals surface area contributed by atoms with Gasteiger partial charge in [-0.3, -0.25) is 10.1 Å². The van der Waals surface area contributed by atoms with Gasteiger partial charge in [0, 0.05) is 38.5 Å². The van der Waals surface area contributed by atoms with E-state index in [2.05, 4.69) is 5.32 Å². The smallest absolute Gasteiger partial charge is 0.411 e. The molecule has 0 spiro atoms. The fourth-order valence-corrected chi connectivity index (χ4v) is 5.19. The number of halogens is 2. The molecule has 190 valence electrons. The van der Waals surface area contributed by atoms with Crippen LogP contribution in [-0.4, -0.2) is 17.8 Å². The number of fused-ring (bicyclic) bond motifs is 1. The fourth-order valence-electron chi connectivity index (χ4n) is 4.74. The summed E-state index contributed by atoms with van der Waals surface area (Å²) >= 11 is 2.04. The van der Waals surface area contributed by atoms with Crippen molar-refractivity contribution >= 4 is 45.3 Å². The molecule has 0 unspecified atom stereocenters. The monoisotopic (exact) mass is 614 g/mol. The van der Waals surface area contributed by atoms with Crippen molar-refractivity contribution in [2.45, 2.75) is 39.2 Å². The van der Waals surface area contributed by atoms with Gasteiger partial charge in [-0.05, 0) is 90.2 Å². The van der Waals surface area contributed by atoms with Gasteiger partial charge in [0.2, 0.25) is 0 Å². The first-order valence-electron chi connectivity index (χ1n) is 11.8. The van der Waals surface area contributed by atoms with Gasteiger partial charge in [-0.2, -0.15) is 0 Å². The molecular weight excluding hydrogens is 590 g/mol. The third kappa shape index (κ3) is 4.68. The van der Waals surface area contributed by atoms with Crippen LogP contribution in [0, 0.1) is 23.2 Å². The fraction of sp³-hybridized carbons (Fsp3) is 0.250. The summed E-state index contributed by atoms with van der Waals surface area (Å²) in [6.45, 7) is 3.43. The summed E-state index contributed by atoms with van der Waals surface area (Å²) in [6.07, 6.45) is 1.19. The number of nitrogens with one attached hydrogen (secondary N) is 1. The summed E-state index contributed by atoms with van der Waals surface area (Å²) in [4.78, 5) is 38.7. The molecule has 5 rings (SSSR count). The van der Waals surface area contributed by atoms with Gasteiger partial charge in [0.1, 0.15) is 5.82 Å². The third-order valence-corrected chi connectivity index (χ3v) is 7.41. The van der Waals surface area contributed by atoms with Gasteiger partial charge in [-0.1, -0.05) is 18.2 Å². The number of carbonyl (C=O) groups is 1. The molecule has 0 atom stereocenters. The van der Waals surface area contributed by atoms with Gasteiger partial charge in [-0.25, -0.2) is 14.0 Å². The van der Waals surface area contributed by atoms with Crippen molar-refractivity contribution < 1.29 is 18.3 Å². The zero-order valence-corrected chi connectivity index (χ0v) is 22.6. The Labute approximate surface area is 225 Å². The highest BCUT2D eigenvalue weighted by molar-refractivity contribution is 14.1. The highest BCUT2D eigenvalue weighted by atomic mass is 127. The molecule has 2 heterocycles. The Hall–Kier alpha value is -3.47. The Morgan fingerprint density at radius 3 is 2.62 bits per heavy atom. The van der Waals surface area contributed by atoms with E-state index >= 15 is 0 Å². The van der Waals surface area contributed by atoms with Crippen LogP contribution in [0.1, 0.15) is 41.3 Å². The molecule has 4 aromatic rings. The second-order valence-corrected chi connectivity index (χ2v) is 10.4. The number of aromatic nitrogens is 1. The minimum absolute atomic E-state index is 0.0437. The van der Waals surface area contributed by atoms with Crippen LogP contribution in [0.15, 0.2) is 56.5 Å². The number of hydrogen-bond acceptors (Lipinski definition) is 5. The molecule has 1 N–H and O–H groups in total. The highest BCUT2D eigenvalue weighted by Crippen LogP contribution is 2.40. The zero-order chi connectivity index (χ0) is 26.4. The molecule has 1 fully saturated rings. The molecule has 9 heteroatoms. The van der Waals surface area contributed by atoms with Crippen LogP contribution < -0.4 is 16.5 Å². The van der Waals surface area contributed by atoms with Crippen molar-refractivity contribution in [3.8, 4) is 11.1 Å². The number of carbonyl (C=O) groups excluding carboxylic acids is 1. The van der Waals surface area contributed by atoms with Gasteiger partial charge in [0.15, 0.2) is 5.58 Å². The first kappa shape index (κ1) is 25.2. The number of ether oxygens (including phenoxy) is 1. The SMILES string of the molecule is COC(=O)Nc1cccc(-c2c(C)n(C3CC3)c(=O)c3c(Cc4ccc(I)cc4F)c(C)c(=O)oc23)c1. The van der Waals surface area contributed by atoms with Gasteiger partial charge in [0.25, 0.3) is 5.56 Å². The maximum absolute atomic E-state index is 14.8. The van der Waals surface area contributed by atoms with E-state index in [0.717, 1.165) is 16.4 Å². The van der Waals surface area contributed by atoms with Gasteiger partial charge < -0.3 is 13.7 Å². The molecule has 2 aromatic heterocycles. The van der Waals surface area contributed by atoms with Crippen LogP contribution in [0.5, 0.6) is 0 Å². The molecule has 0 aliphatic heterocycles. The van der Waals surface area contributed by atoms with E-state index in [-0.39, 0.29) is 34.6 Å². The summed E-state index contributed by atoms with van der Waals surface area (Å²) in [5.41, 5.74) is 2.82. The molecule has 1 aliphatic carbocycles. The lowest BCUT2D eigenvalue weighted by atomic mass is 9.94. The van der Waals surface area contributed by atoms with Crippen LogP contribution in [-0.2, 0) is 11.2 Å². The van der Waals surface area contributed by atoms with E-state index in [1.54, 1.807) is 41.8 Å². The lowest BCUT2D eigenvalue weighted by Gasteiger charge is -2.19. The molecule has 2 aromatic carbocycles. The topological polar surface area (TPSA) is 90.5 Å². The van der Waals surface area contributed by atoms with Crippen molar-refractivity contribution in [1.29, 1.82) is 0 Å². The van der Waals surface area contributed by atoms with Gasteiger partial charge in [0.05, 0.1) is 12.5 Å². The Morgan fingerprint density at radius 1 is 1.19 bits per heavy atom. The third-order valence-electron chi connectivity index (χ3n) is 6.74. The first-order chi connectivity index (χ1) is 17.7. The van der Waals surface area contributed by atoms with Crippen molar-refractivity contribution in [2.75, 3.05) is 12.4 Å². The minimum atomic E-state index is -0.620. The predicted molar refractivity (Wildman–Crippen MR) is 148 cm³/mol. The van der Waals surface area contributed by atoms with E-state index in [9.17, 15) is 18.8 Å². The van der Waals surface area contributed by atoms with E-state index in [4.69, 9.17) is 9.15 Å². The quantitative estimate of drug-likeness (QED) is 0.275. The molecule has 0 saturated heterocycles. The average Bonchev–Trinajstić information content (AvgIpc) is 3.69. The molecule has 1 aliphatic rings. The van der Waals surface area contributed by atoms with Crippen LogP contribution in [0.25, 0.3) is 22.1 Å². The van der Waals surface area contributed by atoms with Crippen molar-refractivity contribution in [2.24, 2.45) is 0 Å². The van der Waals surface area contributed by atoms with Crippen LogP contribution in [0.2, 0.25) is 0 Å². The van der Waals surface area contributed by atoms with Gasteiger partial charge in [-0.15, -0.1) is 0 Å². The number of pyridine rings is 1. The van der Waals surface area contributed by atoms with Crippen LogP contribution in [0.4, 0.5) is 14.9 Å². The summed E-state index contributed by atoms with van der Waals surface area (Å²) in [5.74, 6) is -0.399. The highest BCUT2D eigenvalue weighted by Gasteiger charge is 2.31. The van der Waals surface area contributed by atoms with E-state index in [0.29, 0.717) is 33.6 Å². The normalized spacial score (nSPS) is 13.1. The minimum Gasteiger partial charge on any atom is -0.453 e. The summed E-state index contributed by atoms with van der Waals surface area (Å²) < 4.78 is 27.8. The maximum Gasteiger partial charge on any atom is 0.411 e. The van der Waals surface area contributed by atoms with Gasteiger partial charge >= 0.3 is 11.7 Å². The molecule has 0 bridgehead atoms. The molecule has 37 heavy (non-hydrogen) atoms. The number of benzene rings is 2. The number of anilines is 1. The summed E-state index contributed by atoms with van der Waals surface area (Å²) in [5, 5.41) is 2.91. The number of methoxy groups -OCH3 is 1. The Bertz CT molecular complexity index is 1690. The largest absolute Gasteiger partial charge is 0.453 e. The molecule has 1 amide bonds. The van der Waals surface area contributed by atoms with E-state index in [1.165, 1.54) is 13.2 Å². The lowest BCUT2D eigenvalue weighted by molar-refractivity contribution is 0.187. The second kappa shape index (κ2) is 9.77. The molecular formula is C28H24FIN2O5. The second-order valence-electron chi connectivity index (χ2n) is 9.17. The van der Waals surface area contributed by atoms with Crippen molar-refractivity contribution in [3.05, 3.63) is 95.0 Å². The Kier molecular flexibility index (Phi) is 6.65. The number of rotatable bonds is 5. The summed E-state index contributed by atoms with van der Waals surface area (Å²) in [6, 6.07) is 12.0. The average molecular weight is 614 g/mol. The lowest BCUT2D eigenvalue weighted by Crippen LogP contribution is -2.25. The van der Waals surface area contributed by atoms with Crippen LogP contribution in [0.3, 0.4) is 0 Å². The number of nitrogens with zero attached hydrogens (tertiary/aromatic N) is 1. The van der Waals surface area contributed by atoms with Crippen LogP contribution >= 0.6 is 22.6 Å². The molecule has 7 nitrogen and oxygen atoms in total. The number of amides is 1. The summed E-state index contributed by atoms with van der Waals surface area (Å²) in [7, 11) is 1.28. The molecule has 1 saturated carbocycles. The van der Waals surface area contributed by atoms with Crippen molar-refractivity contribution in [3.63, 3.8) is 0 Å². The Morgan fingerprint density at radius 2 is 1.95 bits per heavy atom.